The Morgan fingerprint density at radius 3 is 1.22 bits per heavy atom. The fourth-order valence-corrected chi connectivity index (χ4v) is 7.44. The Bertz CT molecular complexity index is 2020. The summed E-state index contributed by atoms with van der Waals surface area (Å²) in [4.78, 5) is 51.1. The molecule has 0 saturated carbocycles. The SMILES string of the molecule is CC/C=C\C/C=C\C/C=C\C/C=C\C/C=C\C/C=C\CCC(=O)OC1C(OCC(COC(=O)CCC/C=C\C/C=C\C/C=C\C/C=C\C/C=C\CC)OC(=O)CCCCC/C=C\C/C=C\C/C=C\CC)OC(C(=O)O)C(O)C1O. The van der Waals surface area contributed by atoms with Crippen molar-refractivity contribution in [3.63, 3.8) is 0 Å². The van der Waals surface area contributed by atoms with E-state index in [2.05, 4.69) is 161 Å². The summed E-state index contributed by atoms with van der Waals surface area (Å²) in [7, 11) is 0. The summed E-state index contributed by atoms with van der Waals surface area (Å²) in [6.45, 7) is 5.51. The molecule has 3 N–H and O–H groups in total. The van der Waals surface area contributed by atoms with Crippen LogP contribution in [0, 0.1) is 0 Å². The largest absolute Gasteiger partial charge is 0.479 e. The molecule has 0 aliphatic carbocycles. The highest BCUT2D eigenvalue weighted by Crippen LogP contribution is 2.26. The van der Waals surface area contributed by atoms with Gasteiger partial charge in [-0.3, -0.25) is 14.4 Å². The third kappa shape index (κ3) is 42.7. The van der Waals surface area contributed by atoms with E-state index in [1.165, 1.54) is 0 Å². The van der Waals surface area contributed by atoms with E-state index in [-0.39, 0.29) is 25.9 Å². The lowest BCUT2D eigenvalue weighted by Crippen LogP contribution is -2.61. The smallest absolute Gasteiger partial charge is 0.335 e. The minimum absolute atomic E-state index is 0.0847. The first-order valence-electron chi connectivity index (χ1n) is 29.1. The molecule has 1 heterocycles. The lowest BCUT2D eigenvalue weighted by atomic mass is 9.98. The van der Waals surface area contributed by atoms with Crippen LogP contribution in [0.15, 0.2) is 170 Å². The lowest BCUT2D eigenvalue weighted by molar-refractivity contribution is -0.301. The van der Waals surface area contributed by atoms with E-state index >= 15 is 0 Å². The van der Waals surface area contributed by atoms with Crippen LogP contribution in [0.3, 0.4) is 0 Å². The van der Waals surface area contributed by atoms with Crippen LogP contribution in [0.25, 0.3) is 0 Å². The van der Waals surface area contributed by atoms with Crippen molar-refractivity contribution < 1.29 is 58.2 Å². The molecule has 0 aromatic heterocycles. The van der Waals surface area contributed by atoms with Crippen LogP contribution < -0.4 is 0 Å². The van der Waals surface area contributed by atoms with Crippen LogP contribution in [-0.4, -0.2) is 89.2 Å². The van der Waals surface area contributed by atoms with Gasteiger partial charge in [-0.25, -0.2) is 4.79 Å². The number of aliphatic carboxylic acids is 1. The van der Waals surface area contributed by atoms with E-state index in [9.17, 15) is 34.5 Å². The maximum atomic E-state index is 13.1. The molecule has 0 spiro atoms. The quantitative estimate of drug-likeness (QED) is 0.0228. The van der Waals surface area contributed by atoms with Crippen molar-refractivity contribution in [2.75, 3.05) is 13.2 Å². The highest BCUT2D eigenvalue weighted by molar-refractivity contribution is 5.74. The zero-order valence-corrected chi connectivity index (χ0v) is 48.0. The molecule has 0 bridgehead atoms. The molecule has 1 aliphatic heterocycles. The van der Waals surface area contributed by atoms with Gasteiger partial charge in [0.25, 0.3) is 0 Å². The average Bonchev–Trinajstić information content (AvgIpc) is 3.46. The van der Waals surface area contributed by atoms with Crippen LogP contribution in [0.4, 0.5) is 0 Å². The van der Waals surface area contributed by atoms with Gasteiger partial charge < -0.3 is 39.0 Å². The zero-order valence-electron chi connectivity index (χ0n) is 48.0. The Morgan fingerprint density at radius 2 is 0.797 bits per heavy atom. The number of rotatable bonds is 46. The van der Waals surface area contributed by atoms with Gasteiger partial charge in [-0.2, -0.15) is 0 Å². The van der Waals surface area contributed by atoms with Gasteiger partial charge in [0.2, 0.25) is 0 Å². The van der Waals surface area contributed by atoms with E-state index in [0.29, 0.717) is 32.1 Å². The number of allylic oxidation sites excluding steroid dienone is 28. The van der Waals surface area contributed by atoms with E-state index < -0.39 is 67.3 Å². The third-order valence-electron chi connectivity index (χ3n) is 11.8. The van der Waals surface area contributed by atoms with E-state index in [1.54, 1.807) is 0 Å². The average molecular weight is 1100 g/mol. The van der Waals surface area contributed by atoms with E-state index in [1.807, 2.05) is 30.4 Å². The van der Waals surface area contributed by atoms with E-state index in [4.69, 9.17) is 23.7 Å². The topological polar surface area (TPSA) is 175 Å². The summed E-state index contributed by atoms with van der Waals surface area (Å²) in [6, 6.07) is 0. The predicted molar refractivity (Wildman–Crippen MR) is 321 cm³/mol. The number of carbonyl (C=O) groups is 4. The fourth-order valence-electron chi connectivity index (χ4n) is 7.44. The number of aliphatic hydroxyl groups is 2. The normalized spacial score (nSPS) is 19.1. The van der Waals surface area contributed by atoms with Crippen LogP contribution in [-0.2, 0) is 42.9 Å². The number of ether oxygens (including phenoxy) is 5. The molecule has 12 nitrogen and oxygen atoms in total. The monoisotopic (exact) mass is 1090 g/mol. The summed E-state index contributed by atoms with van der Waals surface area (Å²) >= 11 is 0. The summed E-state index contributed by atoms with van der Waals surface area (Å²) in [6.07, 6.45) is 66.3. The minimum Gasteiger partial charge on any atom is -0.479 e. The molecule has 438 valence electrons. The number of carboxylic acids is 1. The van der Waals surface area contributed by atoms with Gasteiger partial charge in [0.15, 0.2) is 24.6 Å². The number of carboxylic acid groups (broad SMARTS) is 1. The van der Waals surface area contributed by atoms with Gasteiger partial charge in [0.05, 0.1) is 6.61 Å². The Balaban J connectivity index is 2.80. The van der Waals surface area contributed by atoms with Crippen molar-refractivity contribution in [3.8, 4) is 0 Å². The van der Waals surface area contributed by atoms with Crippen molar-refractivity contribution in [1.29, 1.82) is 0 Å². The number of aliphatic hydroxyl groups excluding tert-OH is 2. The Morgan fingerprint density at radius 1 is 0.418 bits per heavy atom. The maximum absolute atomic E-state index is 13.1. The van der Waals surface area contributed by atoms with Crippen molar-refractivity contribution in [2.24, 2.45) is 0 Å². The Labute approximate surface area is 475 Å². The van der Waals surface area contributed by atoms with Crippen LogP contribution in [0.1, 0.15) is 175 Å². The van der Waals surface area contributed by atoms with Gasteiger partial charge in [-0.15, -0.1) is 0 Å². The zero-order chi connectivity index (χ0) is 57.5. The van der Waals surface area contributed by atoms with Crippen molar-refractivity contribution >= 4 is 23.9 Å². The number of unbranched alkanes of at least 4 members (excludes halogenated alkanes) is 4. The molecule has 12 heteroatoms. The standard InChI is InChI=1S/C67H98O12/c1-4-7-10-13-16-19-22-25-27-29-30-32-34-37-40-43-46-49-52-55-61(70)78-65-63(72)62(71)64(66(73)74)79-67(65)76-57-58(77-60(69)54-51-48-45-42-39-35-24-21-18-15-12-9-6-3)56-75-59(68)53-50-47-44-41-38-36-33-31-28-26-23-20-17-14-11-8-5-2/h7-12,16-21,25-28,30,32-33,35-37,39-41,44,46,49,58,62-65,67,71-72H,4-6,13-15,22-24,29,31,34,38,42-43,45,47-48,50-57H2,1-3H3,(H,73,74)/b10-7-,11-8-,12-9-,19-16-,20-17-,21-18-,27-25-,28-26-,32-30-,36-33-,39-35-,40-37-,44-41-,49-46-. The molecule has 1 rings (SSSR count). The Hall–Kier alpha value is -5.92. The fraction of sp³-hybridized carbons (Fsp3) is 0.522. The molecule has 1 saturated heterocycles. The molecular weight excluding hydrogens is 997 g/mol. The first-order chi connectivity index (χ1) is 38.6. The second-order valence-electron chi connectivity index (χ2n) is 18.8. The van der Waals surface area contributed by atoms with Crippen molar-refractivity contribution in [1.82, 2.24) is 0 Å². The second-order valence-corrected chi connectivity index (χ2v) is 18.8. The molecule has 0 aromatic carbocycles. The van der Waals surface area contributed by atoms with Gasteiger partial charge in [-0.05, 0) is 128 Å². The molecule has 6 unspecified atom stereocenters. The third-order valence-corrected chi connectivity index (χ3v) is 11.8. The minimum atomic E-state index is -1.95. The van der Waals surface area contributed by atoms with Crippen LogP contribution in [0.5, 0.6) is 0 Å². The highest BCUT2D eigenvalue weighted by atomic mass is 16.7. The van der Waals surface area contributed by atoms with Gasteiger partial charge in [0, 0.05) is 19.3 Å². The highest BCUT2D eigenvalue weighted by Gasteiger charge is 2.50. The lowest BCUT2D eigenvalue weighted by Gasteiger charge is -2.40. The molecule has 0 radical (unpaired) electrons. The number of hydrogen-bond acceptors (Lipinski definition) is 11. The summed E-state index contributed by atoms with van der Waals surface area (Å²) in [5.74, 6) is -3.39. The van der Waals surface area contributed by atoms with Gasteiger partial charge in [0.1, 0.15) is 18.8 Å². The van der Waals surface area contributed by atoms with Gasteiger partial charge >= 0.3 is 23.9 Å². The number of hydrogen-bond donors (Lipinski definition) is 3. The Kier molecular flexibility index (Phi) is 47.5. The first-order valence-corrected chi connectivity index (χ1v) is 29.1. The van der Waals surface area contributed by atoms with E-state index in [0.717, 1.165) is 103 Å². The van der Waals surface area contributed by atoms with Crippen molar-refractivity contribution in [3.05, 3.63) is 170 Å². The molecule has 6 atom stereocenters. The number of carbonyl (C=O) groups excluding carboxylic acids is 3. The number of esters is 3. The van der Waals surface area contributed by atoms with Crippen molar-refractivity contribution in [2.45, 2.75) is 212 Å². The molecule has 0 amide bonds. The van der Waals surface area contributed by atoms with Crippen LogP contribution >= 0.6 is 0 Å². The summed E-state index contributed by atoms with van der Waals surface area (Å²) < 4.78 is 28.2. The molecule has 79 heavy (non-hydrogen) atoms. The molecule has 0 aromatic rings. The van der Waals surface area contributed by atoms with Gasteiger partial charge in [-0.1, -0.05) is 197 Å². The second kappa shape index (κ2) is 52.8. The predicted octanol–water partition coefficient (Wildman–Crippen LogP) is 15.1. The summed E-state index contributed by atoms with van der Waals surface area (Å²) in [5.41, 5.74) is 0. The maximum Gasteiger partial charge on any atom is 0.335 e. The molecule has 1 aliphatic rings. The molecular formula is C67H98O12. The first kappa shape index (κ1) is 71.1. The summed E-state index contributed by atoms with van der Waals surface area (Å²) in [5, 5.41) is 31.5. The molecule has 1 fully saturated rings. The van der Waals surface area contributed by atoms with Crippen LogP contribution in [0.2, 0.25) is 0 Å².